The smallest absolute Gasteiger partial charge is 0.362 e. The Bertz CT molecular complexity index is 877. The van der Waals surface area contributed by atoms with Crippen molar-refractivity contribution in [3.8, 4) is 0 Å². The van der Waals surface area contributed by atoms with Crippen LogP contribution in [0.2, 0.25) is 0 Å². The van der Waals surface area contributed by atoms with Crippen molar-refractivity contribution in [1.82, 2.24) is 15.2 Å². The number of amides is 1. The number of ether oxygens (including phenoxy) is 1. The van der Waals surface area contributed by atoms with Crippen LogP contribution in [0.4, 0.5) is 5.00 Å². The maximum absolute atomic E-state index is 12.4. The second-order valence-corrected chi connectivity index (χ2v) is 7.70. The molecule has 0 atom stereocenters. The average molecular weight is 394 g/mol. The van der Waals surface area contributed by atoms with Crippen LogP contribution in [0.1, 0.15) is 40.6 Å². The SMILES string of the molecule is CCOC(=O)c1c(NC(=O)CSc2cn[nH]c(=O)n2)sc2c1CCCC2. The van der Waals surface area contributed by atoms with Crippen LogP contribution >= 0.6 is 23.1 Å². The van der Waals surface area contributed by atoms with Gasteiger partial charge in [0.2, 0.25) is 5.91 Å². The largest absolute Gasteiger partial charge is 0.462 e. The summed E-state index contributed by atoms with van der Waals surface area (Å²) in [6, 6.07) is 0. The van der Waals surface area contributed by atoms with Gasteiger partial charge in [-0.3, -0.25) is 4.79 Å². The standard InChI is InChI=1S/C16H18N4O4S2/c1-2-24-15(22)13-9-5-3-4-6-10(9)26-14(13)18-11(21)8-25-12-7-17-20-16(23)19-12/h7H,2-6,8H2,1H3,(H,18,21)(H,19,20,23). The minimum atomic E-state index is -0.564. The van der Waals surface area contributed by atoms with Gasteiger partial charge in [-0.25, -0.2) is 14.7 Å². The Labute approximate surface area is 157 Å². The summed E-state index contributed by atoms with van der Waals surface area (Å²) in [4.78, 5) is 40.7. The van der Waals surface area contributed by atoms with Crippen molar-refractivity contribution in [2.45, 2.75) is 37.6 Å². The van der Waals surface area contributed by atoms with Crippen LogP contribution in [0.15, 0.2) is 16.0 Å². The fourth-order valence-corrected chi connectivity index (χ4v) is 4.66. The third-order valence-corrected chi connectivity index (χ3v) is 5.91. The molecular weight excluding hydrogens is 376 g/mol. The zero-order valence-corrected chi connectivity index (χ0v) is 15.8. The molecule has 0 aromatic carbocycles. The first kappa shape index (κ1) is 18.6. The van der Waals surface area contributed by atoms with Crippen molar-refractivity contribution in [1.29, 1.82) is 0 Å². The number of hydrogen-bond donors (Lipinski definition) is 2. The summed E-state index contributed by atoms with van der Waals surface area (Å²) in [5.41, 5.74) is 0.926. The van der Waals surface area contributed by atoms with Gasteiger partial charge in [0, 0.05) is 4.88 Å². The number of carbonyl (C=O) groups excluding carboxylic acids is 2. The minimum Gasteiger partial charge on any atom is -0.462 e. The van der Waals surface area contributed by atoms with Gasteiger partial charge in [-0.05, 0) is 38.2 Å². The highest BCUT2D eigenvalue weighted by Gasteiger charge is 2.27. The van der Waals surface area contributed by atoms with Crippen molar-refractivity contribution in [3.63, 3.8) is 0 Å². The summed E-state index contributed by atoms with van der Waals surface area (Å²) < 4.78 is 5.17. The highest BCUT2D eigenvalue weighted by molar-refractivity contribution is 7.99. The third kappa shape index (κ3) is 4.31. The Kier molecular flexibility index (Phi) is 6.04. The van der Waals surface area contributed by atoms with Crippen LogP contribution in [0.25, 0.3) is 0 Å². The summed E-state index contributed by atoms with van der Waals surface area (Å²) in [6.45, 7) is 2.04. The molecule has 0 saturated carbocycles. The molecule has 2 heterocycles. The number of carbonyl (C=O) groups is 2. The maximum Gasteiger partial charge on any atom is 0.362 e. The number of nitrogens with zero attached hydrogens (tertiary/aromatic N) is 2. The van der Waals surface area contributed by atoms with Gasteiger partial charge in [-0.2, -0.15) is 10.1 Å². The zero-order valence-electron chi connectivity index (χ0n) is 14.2. The van der Waals surface area contributed by atoms with Gasteiger partial charge in [-0.1, -0.05) is 11.8 Å². The normalized spacial score (nSPS) is 13.1. The van der Waals surface area contributed by atoms with E-state index < -0.39 is 11.7 Å². The van der Waals surface area contributed by atoms with E-state index in [2.05, 4.69) is 20.5 Å². The van der Waals surface area contributed by atoms with E-state index in [1.165, 1.54) is 17.5 Å². The Morgan fingerprint density at radius 2 is 2.19 bits per heavy atom. The average Bonchev–Trinajstić information content (AvgIpc) is 2.98. The van der Waals surface area contributed by atoms with E-state index in [0.29, 0.717) is 15.6 Å². The topological polar surface area (TPSA) is 114 Å². The molecule has 2 N–H and O–H groups in total. The molecule has 10 heteroatoms. The van der Waals surface area contributed by atoms with E-state index in [1.54, 1.807) is 6.92 Å². The first-order valence-corrected chi connectivity index (χ1v) is 10.0. The molecule has 0 spiro atoms. The van der Waals surface area contributed by atoms with Gasteiger partial charge in [-0.15, -0.1) is 11.3 Å². The number of aromatic nitrogens is 3. The second-order valence-electron chi connectivity index (χ2n) is 5.60. The van der Waals surface area contributed by atoms with E-state index in [0.717, 1.165) is 47.9 Å². The van der Waals surface area contributed by atoms with Crippen LogP contribution in [-0.4, -0.2) is 39.4 Å². The molecule has 0 aliphatic heterocycles. The number of thiophene rings is 1. The molecule has 2 aromatic heterocycles. The fraction of sp³-hybridized carbons (Fsp3) is 0.438. The van der Waals surface area contributed by atoms with E-state index >= 15 is 0 Å². The maximum atomic E-state index is 12.4. The zero-order chi connectivity index (χ0) is 18.5. The quantitative estimate of drug-likeness (QED) is 0.569. The van der Waals surface area contributed by atoms with E-state index in [1.807, 2.05) is 0 Å². The molecule has 0 radical (unpaired) electrons. The van der Waals surface area contributed by atoms with Crippen molar-refractivity contribution < 1.29 is 14.3 Å². The van der Waals surface area contributed by atoms with Crippen LogP contribution in [0.5, 0.6) is 0 Å². The van der Waals surface area contributed by atoms with Crippen LogP contribution < -0.4 is 11.0 Å². The van der Waals surface area contributed by atoms with Crippen molar-refractivity contribution in [2.75, 3.05) is 17.7 Å². The summed E-state index contributed by atoms with van der Waals surface area (Å²) in [6.07, 6.45) is 5.24. The molecule has 1 aliphatic carbocycles. The molecule has 3 rings (SSSR count). The highest BCUT2D eigenvalue weighted by atomic mass is 32.2. The Hall–Kier alpha value is -2.20. The highest BCUT2D eigenvalue weighted by Crippen LogP contribution is 2.38. The van der Waals surface area contributed by atoms with E-state index in [4.69, 9.17) is 4.74 Å². The van der Waals surface area contributed by atoms with Crippen molar-refractivity contribution >= 4 is 40.0 Å². The lowest BCUT2D eigenvalue weighted by atomic mass is 9.95. The van der Waals surface area contributed by atoms with Crippen molar-refractivity contribution in [3.05, 3.63) is 32.7 Å². The molecule has 0 bridgehead atoms. The molecule has 0 saturated heterocycles. The Morgan fingerprint density at radius 1 is 1.38 bits per heavy atom. The van der Waals surface area contributed by atoms with Crippen LogP contribution in [-0.2, 0) is 22.4 Å². The molecule has 1 amide bonds. The van der Waals surface area contributed by atoms with Gasteiger partial charge in [0.15, 0.2) is 0 Å². The number of fused-ring (bicyclic) bond motifs is 1. The lowest BCUT2D eigenvalue weighted by Gasteiger charge is -2.12. The second kappa shape index (κ2) is 8.45. The summed E-state index contributed by atoms with van der Waals surface area (Å²) >= 11 is 2.55. The Balaban J connectivity index is 1.73. The lowest BCUT2D eigenvalue weighted by Crippen LogP contribution is -2.18. The molecule has 138 valence electrons. The van der Waals surface area contributed by atoms with Gasteiger partial charge in [0.25, 0.3) is 0 Å². The van der Waals surface area contributed by atoms with E-state index in [-0.39, 0.29) is 18.3 Å². The first-order valence-electron chi connectivity index (χ1n) is 8.24. The predicted molar refractivity (Wildman–Crippen MR) is 98.9 cm³/mol. The molecular formula is C16H18N4O4S2. The lowest BCUT2D eigenvalue weighted by molar-refractivity contribution is -0.113. The molecule has 2 aromatic rings. The number of anilines is 1. The van der Waals surface area contributed by atoms with Crippen LogP contribution in [0, 0.1) is 0 Å². The van der Waals surface area contributed by atoms with E-state index in [9.17, 15) is 14.4 Å². The van der Waals surface area contributed by atoms with Crippen molar-refractivity contribution in [2.24, 2.45) is 0 Å². The molecule has 1 aliphatic rings. The summed E-state index contributed by atoms with van der Waals surface area (Å²) in [5, 5.41) is 9.53. The summed E-state index contributed by atoms with van der Waals surface area (Å²) in [5.74, 6) is -0.611. The molecule has 8 nitrogen and oxygen atoms in total. The number of esters is 1. The number of rotatable bonds is 6. The first-order chi connectivity index (χ1) is 12.6. The Morgan fingerprint density at radius 3 is 2.96 bits per heavy atom. The number of aryl methyl sites for hydroxylation is 1. The van der Waals surface area contributed by atoms with Crippen LogP contribution in [0.3, 0.4) is 0 Å². The summed E-state index contributed by atoms with van der Waals surface area (Å²) in [7, 11) is 0. The van der Waals surface area contributed by atoms with Gasteiger partial charge in [0.05, 0.1) is 24.1 Å². The van der Waals surface area contributed by atoms with Gasteiger partial charge in [0.1, 0.15) is 10.0 Å². The van der Waals surface area contributed by atoms with Gasteiger partial charge < -0.3 is 10.1 Å². The number of hydrogen-bond acceptors (Lipinski definition) is 8. The number of thioether (sulfide) groups is 1. The number of nitrogens with one attached hydrogen (secondary N) is 2. The molecule has 26 heavy (non-hydrogen) atoms. The minimum absolute atomic E-state index is 0.0585. The molecule has 0 fully saturated rings. The number of aromatic amines is 1. The number of H-pyrrole nitrogens is 1. The van der Waals surface area contributed by atoms with Gasteiger partial charge >= 0.3 is 11.7 Å². The fourth-order valence-electron chi connectivity index (χ4n) is 2.74. The monoisotopic (exact) mass is 394 g/mol. The third-order valence-electron chi connectivity index (χ3n) is 3.80. The predicted octanol–water partition coefficient (Wildman–Crippen LogP) is 2.01. The molecule has 0 unspecified atom stereocenters.